The molecule has 5 rings (SSSR count). The molecule has 1 saturated heterocycles. The lowest BCUT2D eigenvalue weighted by Gasteiger charge is -2.19. The van der Waals surface area contributed by atoms with Crippen LogP contribution in [0.4, 0.5) is 5.82 Å². The smallest absolute Gasteiger partial charge is 0.225 e. The first-order chi connectivity index (χ1) is 11.2. The van der Waals surface area contributed by atoms with Crippen LogP contribution in [0.5, 0.6) is 17.2 Å². The van der Waals surface area contributed by atoms with Crippen LogP contribution in [0.25, 0.3) is 0 Å². The number of aromatic nitrogens is 1. The Balaban J connectivity index is 1.47. The molecule has 1 amide bonds. The molecule has 3 aliphatic heterocycles. The number of rotatable bonds is 2. The second kappa shape index (κ2) is 4.45. The highest BCUT2D eigenvalue weighted by Gasteiger charge is 2.54. The van der Waals surface area contributed by atoms with Gasteiger partial charge < -0.3 is 14.8 Å². The van der Waals surface area contributed by atoms with Gasteiger partial charge in [-0.1, -0.05) is 0 Å². The van der Waals surface area contributed by atoms with Crippen LogP contribution in [0.1, 0.15) is 23.6 Å². The number of hydrogen-bond donors (Lipinski definition) is 1. The Morgan fingerprint density at radius 2 is 2.26 bits per heavy atom. The van der Waals surface area contributed by atoms with E-state index in [0.29, 0.717) is 24.7 Å². The molecule has 0 radical (unpaired) electrons. The summed E-state index contributed by atoms with van der Waals surface area (Å²) in [7, 11) is 2.05. The third kappa shape index (κ3) is 1.91. The van der Waals surface area contributed by atoms with Crippen LogP contribution < -0.4 is 14.8 Å². The van der Waals surface area contributed by atoms with E-state index in [1.54, 1.807) is 6.20 Å². The topological polar surface area (TPSA) is 63.5 Å². The number of fused-ring (bicyclic) bond motifs is 4. The van der Waals surface area contributed by atoms with Gasteiger partial charge in [-0.05, 0) is 37.7 Å². The molecule has 116 valence electrons. The second-order valence-corrected chi connectivity index (χ2v) is 6.10. The van der Waals surface area contributed by atoms with Crippen LogP contribution in [0.3, 0.4) is 0 Å². The van der Waals surface area contributed by atoms with E-state index in [1.807, 2.05) is 31.3 Å². The zero-order valence-corrected chi connectivity index (χ0v) is 12.6. The van der Waals surface area contributed by atoms with Crippen LogP contribution in [0, 0.1) is 0 Å². The quantitative estimate of drug-likeness (QED) is 0.863. The third-order valence-electron chi connectivity index (χ3n) is 4.67. The lowest BCUT2D eigenvalue weighted by molar-refractivity contribution is -0.116. The molecule has 3 aliphatic rings. The molecule has 1 fully saturated rings. The van der Waals surface area contributed by atoms with Gasteiger partial charge in [-0.25, -0.2) is 4.98 Å². The summed E-state index contributed by atoms with van der Waals surface area (Å²) in [6, 6.07) is 8.10. The number of hydrogen-bond acceptors (Lipinski definition) is 5. The molecule has 3 unspecified atom stereocenters. The molecule has 23 heavy (non-hydrogen) atoms. The Bertz CT molecular complexity index is 836. The van der Waals surface area contributed by atoms with Crippen molar-refractivity contribution in [3.63, 3.8) is 0 Å². The number of amides is 1. The summed E-state index contributed by atoms with van der Waals surface area (Å²) in [5, 5.41) is 2.79. The normalized spacial score (nSPS) is 26.5. The fourth-order valence-corrected chi connectivity index (χ4v) is 3.37. The molecule has 1 N–H and O–H groups in total. The van der Waals surface area contributed by atoms with Gasteiger partial charge in [0.25, 0.3) is 0 Å². The number of anilines is 1. The molecule has 0 bridgehead atoms. The number of benzene rings is 1. The van der Waals surface area contributed by atoms with Gasteiger partial charge in [0.2, 0.25) is 5.91 Å². The van der Waals surface area contributed by atoms with Gasteiger partial charge in [-0.3, -0.25) is 9.69 Å². The monoisotopic (exact) mass is 309 g/mol. The summed E-state index contributed by atoms with van der Waals surface area (Å²) in [5.74, 6) is 3.06. The average molecular weight is 309 g/mol. The Labute approximate surface area is 133 Å². The lowest BCUT2D eigenvalue weighted by atomic mass is 10.1. The summed E-state index contributed by atoms with van der Waals surface area (Å²) in [4.78, 5) is 17.9. The van der Waals surface area contributed by atoms with Gasteiger partial charge in [0.05, 0.1) is 6.04 Å². The molecule has 0 spiro atoms. The average Bonchev–Trinajstić information content (AvgIpc) is 3.02. The summed E-state index contributed by atoms with van der Waals surface area (Å²) in [6.07, 6.45) is 2.94. The minimum atomic E-state index is -0.000332. The van der Waals surface area contributed by atoms with Crippen LogP contribution in [-0.4, -0.2) is 29.1 Å². The van der Waals surface area contributed by atoms with E-state index in [0.717, 1.165) is 22.8 Å². The molecule has 4 heterocycles. The number of nitrogens with one attached hydrogen (secondary N) is 1. The van der Waals surface area contributed by atoms with Crippen LogP contribution in [0.15, 0.2) is 30.5 Å². The third-order valence-corrected chi connectivity index (χ3v) is 4.67. The van der Waals surface area contributed by atoms with Gasteiger partial charge in [0, 0.05) is 23.7 Å². The van der Waals surface area contributed by atoms with Crippen LogP contribution in [-0.2, 0) is 11.2 Å². The first kappa shape index (κ1) is 12.9. The second-order valence-electron chi connectivity index (χ2n) is 6.10. The minimum absolute atomic E-state index is 0.000332. The number of ether oxygens (including phenoxy) is 2. The Morgan fingerprint density at radius 3 is 3.17 bits per heavy atom. The van der Waals surface area contributed by atoms with Gasteiger partial charge in [-0.2, -0.15) is 0 Å². The fraction of sp³-hybridized carbons (Fsp3) is 0.294. The molecule has 6 nitrogen and oxygen atoms in total. The molecule has 1 aromatic heterocycles. The van der Waals surface area contributed by atoms with E-state index in [1.165, 1.54) is 5.56 Å². The number of likely N-dealkylation sites (N-methyl/N-ethyl adjacent to an activating group) is 1. The molecule has 1 aromatic carbocycles. The van der Waals surface area contributed by atoms with Gasteiger partial charge in [-0.15, -0.1) is 0 Å². The Morgan fingerprint density at radius 1 is 1.35 bits per heavy atom. The molecule has 0 saturated carbocycles. The summed E-state index contributed by atoms with van der Waals surface area (Å²) in [5.41, 5.74) is 2.12. The van der Waals surface area contributed by atoms with Crippen molar-refractivity contribution in [1.82, 2.24) is 9.88 Å². The summed E-state index contributed by atoms with van der Waals surface area (Å²) >= 11 is 0. The molecule has 2 aromatic rings. The summed E-state index contributed by atoms with van der Waals surface area (Å²) in [6.45, 7) is 0. The highest BCUT2D eigenvalue weighted by molar-refractivity contribution is 5.93. The maximum atomic E-state index is 11.5. The minimum Gasteiger partial charge on any atom is -0.473 e. The highest BCUT2D eigenvalue weighted by Crippen LogP contribution is 2.53. The van der Waals surface area contributed by atoms with Crippen molar-refractivity contribution in [3.05, 3.63) is 41.6 Å². The van der Waals surface area contributed by atoms with Crippen molar-refractivity contribution in [3.8, 4) is 17.2 Å². The summed E-state index contributed by atoms with van der Waals surface area (Å²) < 4.78 is 11.9. The number of carbonyl (C=O) groups is 1. The largest absolute Gasteiger partial charge is 0.473 e. The fourth-order valence-electron chi connectivity index (χ4n) is 3.37. The first-order valence-electron chi connectivity index (χ1n) is 7.69. The molecular formula is C17H15N3O3. The van der Waals surface area contributed by atoms with Crippen LogP contribution in [0.2, 0.25) is 0 Å². The van der Waals surface area contributed by atoms with Gasteiger partial charge in [0.1, 0.15) is 23.1 Å². The highest BCUT2D eigenvalue weighted by atomic mass is 16.5. The SMILES string of the molecule is CN1C2Oc3ccc(Oc4ccnc5c4CCC(=O)N5)cc3C21. The number of pyridine rings is 1. The van der Waals surface area contributed by atoms with Crippen molar-refractivity contribution >= 4 is 11.7 Å². The van der Waals surface area contributed by atoms with E-state index in [-0.39, 0.29) is 12.1 Å². The predicted octanol–water partition coefficient (Wildman–Crippen LogP) is 2.46. The van der Waals surface area contributed by atoms with E-state index in [2.05, 4.69) is 15.2 Å². The zero-order valence-electron chi connectivity index (χ0n) is 12.6. The molecule has 0 aliphatic carbocycles. The van der Waals surface area contributed by atoms with Gasteiger partial charge in [0.15, 0.2) is 6.23 Å². The first-order valence-corrected chi connectivity index (χ1v) is 7.69. The van der Waals surface area contributed by atoms with E-state index in [4.69, 9.17) is 9.47 Å². The Hall–Kier alpha value is -2.60. The number of nitrogens with zero attached hydrogens (tertiary/aromatic N) is 2. The molecular weight excluding hydrogens is 294 g/mol. The van der Waals surface area contributed by atoms with Crippen molar-refractivity contribution in [2.24, 2.45) is 0 Å². The van der Waals surface area contributed by atoms with Crippen molar-refractivity contribution in [2.45, 2.75) is 25.1 Å². The van der Waals surface area contributed by atoms with Crippen molar-refractivity contribution in [1.29, 1.82) is 0 Å². The van der Waals surface area contributed by atoms with E-state index >= 15 is 0 Å². The maximum Gasteiger partial charge on any atom is 0.225 e. The lowest BCUT2D eigenvalue weighted by Crippen LogP contribution is -2.20. The van der Waals surface area contributed by atoms with E-state index < -0.39 is 0 Å². The number of carbonyl (C=O) groups excluding carboxylic acids is 1. The van der Waals surface area contributed by atoms with Crippen LogP contribution >= 0.6 is 0 Å². The standard InChI is InChI=1S/C17H15N3O3/c1-20-15-11-8-9(2-4-12(11)23-17(15)20)22-13-6-7-18-16-10(13)3-5-14(21)19-16/h2,4,6-8,15,17H,3,5H2,1H3,(H,18,19,21). The Kier molecular flexibility index (Phi) is 2.50. The van der Waals surface area contributed by atoms with Gasteiger partial charge >= 0.3 is 0 Å². The zero-order chi connectivity index (χ0) is 15.6. The van der Waals surface area contributed by atoms with Crippen molar-refractivity contribution < 1.29 is 14.3 Å². The van der Waals surface area contributed by atoms with E-state index in [9.17, 15) is 4.79 Å². The predicted molar refractivity (Wildman–Crippen MR) is 82.6 cm³/mol. The molecule has 6 heteroatoms. The van der Waals surface area contributed by atoms with Crippen molar-refractivity contribution in [2.75, 3.05) is 12.4 Å². The maximum absolute atomic E-state index is 11.5. The molecule has 3 atom stereocenters.